The van der Waals surface area contributed by atoms with Gasteiger partial charge < -0.3 is 4.52 Å². The van der Waals surface area contributed by atoms with Gasteiger partial charge >= 0.3 is 0 Å². The third kappa shape index (κ3) is 1.74. The van der Waals surface area contributed by atoms with Crippen LogP contribution >= 0.6 is 0 Å². The third-order valence-corrected chi connectivity index (χ3v) is 1.68. The first-order valence-corrected chi connectivity index (χ1v) is 4.17. The quantitative estimate of drug-likeness (QED) is 0.700. The van der Waals surface area contributed by atoms with E-state index in [4.69, 9.17) is 4.52 Å². The van der Waals surface area contributed by atoms with Crippen molar-refractivity contribution in [2.24, 2.45) is 0 Å². The van der Waals surface area contributed by atoms with E-state index >= 15 is 0 Å². The standard InChI is InChI=1S/C8H10N4O/c1-2-7-10-8(13-11-7)6-12-5-3-4-9-12/h3-5H,2,6H2,1H3. The summed E-state index contributed by atoms with van der Waals surface area (Å²) in [4.78, 5) is 4.16. The van der Waals surface area contributed by atoms with E-state index in [1.165, 1.54) is 0 Å². The van der Waals surface area contributed by atoms with Crippen molar-refractivity contribution in [3.05, 3.63) is 30.2 Å². The van der Waals surface area contributed by atoms with Gasteiger partial charge in [-0.25, -0.2) is 0 Å². The number of rotatable bonds is 3. The van der Waals surface area contributed by atoms with Crippen LogP contribution in [-0.2, 0) is 13.0 Å². The van der Waals surface area contributed by atoms with Crippen LogP contribution in [0.5, 0.6) is 0 Å². The van der Waals surface area contributed by atoms with E-state index in [0.29, 0.717) is 12.4 Å². The lowest BCUT2D eigenvalue weighted by molar-refractivity contribution is 0.361. The number of aryl methyl sites for hydroxylation is 1. The van der Waals surface area contributed by atoms with Crippen LogP contribution in [0.1, 0.15) is 18.6 Å². The zero-order valence-electron chi connectivity index (χ0n) is 7.34. The molecule has 2 aromatic rings. The van der Waals surface area contributed by atoms with Crippen LogP contribution in [0.15, 0.2) is 23.0 Å². The first kappa shape index (κ1) is 7.97. The molecule has 0 amide bonds. The molecule has 0 fully saturated rings. The van der Waals surface area contributed by atoms with Crippen molar-refractivity contribution in [2.75, 3.05) is 0 Å². The molecule has 0 aliphatic rings. The van der Waals surface area contributed by atoms with E-state index in [2.05, 4.69) is 15.2 Å². The molecule has 0 aromatic carbocycles. The fraction of sp³-hybridized carbons (Fsp3) is 0.375. The Hall–Kier alpha value is -1.65. The molecule has 0 aliphatic heterocycles. The van der Waals surface area contributed by atoms with E-state index in [0.717, 1.165) is 12.2 Å². The van der Waals surface area contributed by atoms with E-state index in [9.17, 15) is 0 Å². The van der Waals surface area contributed by atoms with Gasteiger partial charge in [0.15, 0.2) is 5.82 Å². The summed E-state index contributed by atoms with van der Waals surface area (Å²) >= 11 is 0. The Bertz CT molecular complexity index is 365. The fourth-order valence-electron chi connectivity index (χ4n) is 1.03. The molecule has 0 bridgehead atoms. The Balaban J connectivity index is 2.10. The van der Waals surface area contributed by atoms with Crippen LogP contribution < -0.4 is 0 Å². The van der Waals surface area contributed by atoms with Crippen molar-refractivity contribution in [1.29, 1.82) is 0 Å². The van der Waals surface area contributed by atoms with E-state index < -0.39 is 0 Å². The summed E-state index contributed by atoms with van der Waals surface area (Å²) in [6.45, 7) is 2.53. The molecule has 0 radical (unpaired) electrons. The van der Waals surface area contributed by atoms with Gasteiger partial charge in [0.1, 0.15) is 6.54 Å². The molecule has 0 aliphatic carbocycles. The molecule has 0 saturated heterocycles. The van der Waals surface area contributed by atoms with Crippen LogP contribution in [-0.4, -0.2) is 19.9 Å². The molecule has 5 heteroatoms. The summed E-state index contributed by atoms with van der Waals surface area (Å²) in [5, 5.41) is 7.82. The van der Waals surface area contributed by atoms with Gasteiger partial charge in [0.05, 0.1) is 0 Å². The summed E-state index contributed by atoms with van der Waals surface area (Å²) in [6, 6.07) is 1.86. The maximum Gasteiger partial charge on any atom is 0.248 e. The van der Waals surface area contributed by atoms with Crippen LogP contribution in [0.2, 0.25) is 0 Å². The van der Waals surface area contributed by atoms with Gasteiger partial charge in [0.25, 0.3) is 0 Å². The minimum Gasteiger partial charge on any atom is -0.337 e. The summed E-state index contributed by atoms with van der Waals surface area (Å²) < 4.78 is 6.75. The summed E-state index contributed by atoms with van der Waals surface area (Å²) in [5.41, 5.74) is 0. The van der Waals surface area contributed by atoms with Gasteiger partial charge in [-0.2, -0.15) is 10.1 Å². The maximum absolute atomic E-state index is 5.01. The molecule has 0 spiro atoms. The molecule has 2 aromatic heterocycles. The van der Waals surface area contributed by atoms with Crippen molar-refractivity contribution in [1.82, 2.24) is 19.9 Å². The van der Waals surface area contributed by atoms with Gasteiger partial charge in [-0.3, -0.25) is 4.68 Å². The monoisotopic (exact) mass is 178 g/mol. The molecule has 0 N–H and O–H groups in total. The Morgan fingerprint density at radius 1 is 1.54 bits per heavy atom. The molecule has 0 saturated carbocycles. The average Bonchev–Trinajstić information content (AvgIpc) is 2.76. The molecular formula is C8H10N4O. The number of hydrogen-bond donors (Lipinski definition) is 0. The second kappa shape index (κ2) is 3.38. The molecule has 13 heavy (non-hydrogen) atoms. The van der Waals surface area contributed by atoms with Crippen LogP contribution in [0.3, 0.4) is 0 Å². The van der Waals surface area contributed by atoms with Gasteiger partial charge in [-0.05, 0) is 6.07 Å². The second-order valence-electron chi connectivity index (χ2n) is 2.66. The largest absolute Gasteiger partial charge is 0.337 e. The minimum absolute atomic E-state index is 0.542. The third-order valence-electron chi connectivity index (χ3n) is 1.68. The predicted molar refractivity (Wildman–Crippen MR) is 45.0 cm³/mol. The lowest BCUT2D eigenvalue weighted by Gasteiger charge is -1.92. The lowest BCUT2D eigenvalue weighted by atomic mass is 10.5. The highest BCUT2D eigenvalue weighted by atomic mass is 16.5. The first-order valence-electron chi connectivity index (χ1n) is 4.17. The highest BCUT2D eigenvalue weighted by Crippen LogP contribution is 1.99. The van der Waals surface area contributed by atoms with Crippen molar-refractivity contribution < 1.29 is 4.52 Å². The van der Waals surface area contributed by atoms with E-state index in [-0.39, 0.29) is 0 Å². The highest BCUT2D eigenvalue weighted by Gasteiger charge is 2.04. The molecule has 0 atom stereocenters. The van der Waals surface area contributed by atoms with E-state index in [1.807, 2.05) is 19.2 Å². The highest BCUT2D eigenvalue weighted by molar-refractivity contribution is 4.87. The van der Waals surface area contributed by atoms with Crippen LogP contribution in [0.4, 0.5) is 0 Å². The summed E-state index contributed by atoms with van der Waals surface area (Å²) in [6.07, 6.45) is 4.37. The maximum atomic E-state index is 5.01. The zero-order chi connectivity index (χ0) is 9.10. The van der Waals surface area contributed by atoms with Crippen LogP contribution in [0.25, 0.3) is 0 Å². The number of aromatic nitrogens is 4. The topological polar surface area (TPSA) is 56.7 Å². The number of hydrogen-bond acceptors (Lipinski definition) is 4. The Morgan fingerprint density at radius 2 is 2.46 bits per heavy atom. The van der Waals surface area contributed by atoms with Gasteiger partial charge in [-0.1, -0.05) is 12.1 Å². The second-order valence-corrected chi connectivity index (χ2v) is 2.66. The predicted octanol–water partition coefficient (Wildman–Crippen LogP) is 0.877. The Morgan fingerprint density at radius 3 is 3.08 bits per heavy atom. The molecule has 2 rings (SSSR count). The van der Waals surface area contributed by atoms with Crippen LogP contribution in [0, 0.1) is 0 Å². The van der Waals surface area contributed by atoms with Crippen molar-refractivity contribution in [3.8, 4) is 0 Å². The molecular weight excluding hydrogens is 168 g/mol. The molecule has 0 unspecified atom stereocenters. The average molecular weight is 178 g/mol. The normalized spacial score (nSPS) is 10.5. The Kier molecular flexibility index (Phi) is 2.08. The van der Waals surface area contributed by atoms with Gasteiger partial charge in [0, 0.05) is 18.8 Å². The number of nitrogens with zero attached hydrogens (tertiary/aromatic N) is 4. The molecule has 68 valence electrons. The SMILES string of the molecule is CCc1noc(Cn2cccn2)n1. The first-order chi connectivity index (χ1) is 6.38. The summed E-state index contributed by atoms with van der Waals surface area (Å²) in [5.74, 6) is 1.34. The molecule has 5 nitrogen and oxygen atoms in total. The summed E-state index contributed by atoms with van der Waals surface area (Å²) in [7, 11) is 0. The zero-order valence-corrected chi connectivity index (χ0v) is 7.34. The Labute approximate surface area is 75.4 Å². The van der Waals surface area contributed by atoms with Crippen molar-refractivity contribution in [2.45, 2.75) is 19.9 Å². The van der Waals surface area contributed by atoms with Crippen molar-refractivity contribution >= 4 is 0 Å². The van der Waals surface area contributed by atoms with E-state index in [1.54, 1.807) is 10.9 Å². The lowest BCUT2D eigenvalue weighted by Crippen LogP contribution is -1.99. The minimum atomic E-state index is 0.542. The van der Waals surface area contributed by atoms with Gasteiger partial charge in [-0.15, -0.1) is 0 Å². The van der Waals surface area contributed by atoms with Crippen molar-refractivity contribution in [3.63, 3.8) is 0 Å². The molecule has 2 heterocycles. The van der Waals surface area contributed by atoms with Gasteiger partial charge in [0.2, 0.25) is 5.89 Å². The smallest absolute Gasteiger partial charge is 0.248 e. The fourth-order valence-corrected chi connectivity index (χ4v) is 1.03.